The maximum Gasteiger partial charge on any atom is 0.263 e. The van der Waals surface area contributed by atoms with Crippen molar-refractivity contribution in [3.63, 3.8) is 0 Å². The monoisotopic (exact) mass is 287 g/mol. The van der Waals surface area contributed by atoms with Crippen molar-refractivity contribution in [2.24, 2.45) is 0 Å². The first kappa shape index (κ1) is 13.1. The second kappa shape index (κ2) is 6.05. The summed E-state index contributed by atoms with van der Waals surface area (Å²) in [5, 5.41) is 5.43. The van der Waals surface area contributed by atoms with Gasteiger partial charge in [0.25, 0.3) is 5.91 Å². The van der Waals surface area contributed by atoms with Crippen LogP contribution in [0.5, 0.6) is 0 Å². The fourth-order valence-electron chi connectivity index (χ4n) is 2.47. The van der Waals surface area contributed by atoms with E-state index in [2.05, 4.69) is 10.3 Å². The lowest BCUT2D eigenvalue weighted by Crippen LogP contribution is -2.42. The molecule has 0 bridgehead atoms. The number of thiophene rings is 1. The van der Waals surface area contributed by atoms with Crippen LogP contribution in [0, 0.1) is 0 Å². The zero-order valence-corrected chi connectivity index (χ0v) is 12.0. The minimum Gasteiger partial charge on any atom is -0.381 e. The summed E-state index contributed by atoms with van der Waals surface area (Å²) < 4.78 is 0. The van der Waals surface area contributed by atoms with Gasteiger partial charge in [0.15, 0.2) is 0 Å². The van der Waals surface area contributed by atoms with E-state index >= 15 is 0 Å². The second-order valence-corrected chi connectivity index (χ2v) is 5.88. The number of hydrogen-bond acceptors (Lipinski definition) is 4. The third-order valence-electron chi connectivity index (χ3n) is 3.55. The Morgan fingerprint density at radius 1 is 1.30 bits per heavy atom. The molecule has 3 heterocycles. The SMILES string of the molecule is O=C(c1cccs1)N1CCC(Nc2cccnc2)CC1. The molecule has 1 fully saturated rings. The van der Waals surface area contributed by atoms with E-state index < -0.39 is 0 Å². The normalized spacial score (nSPS) is 16.1. The predicted molar refractivity (Wildman–Crippen MR) is 81.1 cm³/mol. The van der Waals surface area contributed by atoms with Gasteiger partial charge in [-0.15, -0.1) is 11.3 Å². The standard InChI is InChI=1S/C15H17N3OS/c19-15(14-4-2-10-20-14)18-8-5-12(6-9-18)17-13-3-1-7-16-11-13/h1-4,7,10-12,17H,5-6,8-9H2. The molecule has 1 amide bonds. The number of carbonyl (C=O) groups is 1. The van der Waals surface area contributed by atoms with Crippen LogP contribution in [0.2, 0.25) is 0 Å². The lowest BCUT2D eigenvalue weighted by molar-refractivity contribution is 0.0723. The summed E-state index contributed by atoms with van der Waals surface area (Å²) in [5.74, 6) is 0.167. The van der Waals surface area contributed by atoms with Gasteiger partial charge in [-0.3, -0.25) is 9.78 Å². The largest absolute Gasteiger partial charge is 0.381 e. The maximum atomic E-state index is 12.2. The number of pyridine rings is 1. The molecular formula is C15H17N3OS. The molecule has 0 atom stereocenters. The van der Waals surface area contributed by atoms with Gasteiger partial charge in [0, 0.05) is 31.5 Å². The fraction of sp³-hybridized carbons (Fsp3) is 0.333. The molecule has 0 aromatic carbocycles. The lowest BCUT2D eigenvalue weighted by atomic mass is 10.0. The molecule has 5 heteroatoms. The van der Waals surface area contributed by atoms with Crippen molar-refractivity contribution in [3.8, 4) is 0 Å². The van der Waals surface area contributed by atoms with Crippen LogP contribution in [-0.2, 0) is 0 Å². The molecule has 2 aromatic rings. The van der Waals surface area contributed by atoms with Gasteiger partial charge in [0.1, 0.15) is 0 Å². The quantitative estimate of drug-likeness (QED) is 0.944. The third-order valence-corrected chi connectivity index (χ3v) is 4.40. The van der Waals surface area contributed by atoms with E-state index in [-0.39, 0.29) is 5.91 Å². The van der Waals surface area contributed by atoms with Crippen molar-refractivity contribution in [3.05, 3.63) is 46.9 Å². The highest BCUT2D eigenvalue weighted by molar-refractivity contribution is 7.12. The van der Waals surface area contributed by atoms with Crippen LogP contribution < -0.4 is 5.32 Å². The fourth-order valence-corrected chi connectivity index (χ4v) is 3.16. The van der Waals surface area contributed by atoms with Gasteiger partial charge >= 0.3 is 0 Å². The van der Waals surface area contributed by atoms with Crippen molar-refractivity contribution < 1.29 is 4.79 Å². The van der Waals surface area contributed by atoms with Crippen molar-refractivity contribution in [1.29, 1.82) is 0 Å². The molecule has 1 aliphatic heterocycles. The van der Waals surface area contributed by atoms with Crippen LogP contribution in [0.3, 0.4) is 0 Å². The summed E-state index contributed by atoms with van der Waals surface area (Å²) in [4.78, 5) is 19.1. The zero-order valence-electron chi connectivity index (χ0n) is 11.2. The lowest BCUT2D eigenvalue weighted by Gasteiger charge is -2.32. The molecule has 1 N–H and O–H groups in total. The Morgan fingerprint density at radius 2 is 2.15 bits per heavy atom. The van der Waals surface area contributed by atoms with E-state index in [4.69, 9.17) is 0 Å². The van der Waals surface area contributed by atoms with Crippen molar-refractivity contribution in [1.82, 2.24) is 9.88 Å². The Balaban J connectivity index is 1.53. The number of aromatic nitrogens is 1. The zero-order chi connectivity index (χ0) is 13.8. The number of amides is 1. The number of piperidine rings is 1. The van der Waals surface area contributed by atoms with Crippen molar-refractivity contribution >= 4 is 22.9 Å². The molecule has 0 saturated carbocycles. The van der Waals surface area contributed by atoms with Crippen LogP contribution in [0.25, 0.3) is 0 Å². The Hall–Kier alpha value is -1.88. The predicted octanol–water partition coefficient (Wildman–Crippen LogP) is 2.86. The number of nitrogens with zero attached hydrogens (tertiary/aromatic N) is 2. The summed E-state index contributed by atoms with van der Waals surface area (Å²) in [5.41, 5.74) is 1.05. The van der Waals surface area contributed by atoms with E-state index in [1.54, 1.807) is 6.20 Å². The first-order valence-electron chi connectivity index (χ1n) is 6.82. The van der Waals surface area contributed by atoms with Gasteiger partial charge in [0.2, 0.25) is 0 Å². The summed E-state index contributed by atoms with van der Waals surface area (Å²) in [6, 6.07) is 8.20. The first-order chi connectivity index (χ1) is 9.83. The van der Waals surface area contributed by atoms with Crippen LogP contribution >= 0.6 is 11.3 Å². The molecular weight excluding hydrogens is 270 g/mol. The van der Waals surface area contributed by atoms with Gasteiger partial charge in [0.05, 0.1) is 10.6 Å². The average Bonchev–Trinajstić information content (AvgIpc) is 3.03. The molecule has 0 radical (unpaired) electrons. The molecule has 1 aliphatic rings. The maximum absolute atomic E-state index is 12.2. The molecule has 104 valence electrons. The van der Waals surface area contributed by atoms with Crippen molar-refractivity contribution in [2.45, 2.75) is 18.9 Å². The minimum absolute atomic E-state index is 0.167. The number of carbonyl (C=O) groups excluding carboxylic acids is 1. The highest BCUT2D eigenvalue weighted by Crippen LogP contribution is 2.19. The Kier molecular flexibility index (Phi) is 3.97. The smallest absolute Gasteiger partial charge is 0.263 e. The summed E-state index contributed by atoms with van der Waals surface area (Å²) >= 11 is 1.51. The van der Waals surface area contributed by atoms with Crippen LogP contribution in [0.1, 0.15) is 22.5 Å². The van der Waals surface area contributed by atoms with Gasteiger partial charge in [-0.1, -0.05) is 6.07 Å². The van der Waals surface area contributed by atoms with E-state index in [0.29, 0.717) is 6.04 Å². The van der Waals surface area contributed by atoms with Gasteiger partial charge in [-0.05, 0) is 36.4 Å². The van der Waals surface area contributed by atoms with E-state index in [9.17, 15) is 4.79 Å². The number of likely N-dealkylation sites (tertiary alicyclic amines) is 1. The van der Waals surface area contributed by atoms with Gasteiger partial charge in [-0.2, -0.15) is 0 Å². The molecule has 4 nitrogen and oxygen atoms in total. The summed E-state index contributed by atoms with van der Waals surface area (Å²) in [6.07, 6.45) is 5.56. The molecule has 1 saturated heterocycles. The Labute approximate surface area is 122 Å². The topological polar surface area (TPSA) is 45.2 Å². The Morgan fingerprint density at radius 3 is 2.80 bits per heavy atom. The Bertz CT molecular complexity index is 548. The molecule has 2 aromatic heterocycles. The van der Waals surface area contributed by atoms with E-state index in [0.717, 1.165) is 36.5 Å². The molecule has 3 rings (SSSR count). The minimum atomic E-state index is 0.167. The van der Waals surface area contributed by atoms with Gasteiger partial charge in [-0.25, -0.2) is 0 Å². The average molecular weight is 287 g/mol. The highest BCUT2D eigenvalue weighted by atomic mass is 32.1. The van der Waals surface area contributed by atoms with Gasteiger partial charge < -0.3 is 10.2 Å². The van der Waals surface area contributed by atoms with Crippen molar-refractivity contribution in [2.75, 3.05) is 18.4 Å². The molecule has 0 aliphatic carbocycles. The summed E-state index contributed by atoms with van der Waals surface area (Å²) in [6.45, 7) is 1.63. The number of hydrogen-bond donors (Lipinski definition) is 1. The first-order valence-corrected chi connectivity index (χ1v) is 7.70. The molecule has 0 spiro atoms. The van der Waals surface area contributed by atoms with Crippen LogP contribution in [0.4, 0.5) is 5.69 Å². The van der Waals surface area contributed by atoms with E-state index in [1.165, 1.54) is 11.3 Å². The number of anilines is 1. The third kappa shape index (κ3) is 2.99. The highest BCUT2D eigenvalue weighted by Gasteiger charge is 2.23. The molecule has 20 heavy (non-hydrogen) atoms. The van der Waals surface area contributed by atoms with Crippen LogP contribution in [-0.4, -0.2) is 34.9 Å². The number of rotatable bonds is 3. The molecule has 0 unspecified atom stereocenters. The van der Waals surface area contributed by atoms with Crippen LogP contribution in [0.15, 0.2) is 42.0 Å². The second-order valence-electron chi connectivity index (χ2n) is 4.93. The summed E-state index contributed by atoms with van der Waals surface area (Å²) in [7, 11) is 0. The van der Waals surface area contributed by atoms with E-state index in [1.807, 2.05) is 40.7 Å². The number of nitrogens with one attached hydrogen (secondary N) is 1.